The van der Waals surface area contributed by atoms with Gasteiger partial charge in [-0.1, -0.05) is 0 Å². The number of hydrogen-bond donors (Lipinski definition) is 0. The van der Waals surface area contributed by atoms with E-state index in [1.165, 1.54) is 37.8 Å². The van der Waals surface area contributed by atoms with Crippen LogP contribution in [-0.2, 0) is 16.6 Å². The molecule has 0 saturated carbocycles. The molecule has 3 rings (SSSR count). The molecule has 0 bridgehead atoms. The second-order valence-electron chi connectivity index (χ2n) is 6.68. The van der Waals surface area contributed by atoms with Gasteiger partial charge in [0.1, 0.15) is 17.2 Å². The van der Waals surface area contributed by atoms with Crippen LogP contribution in [0.25, 0.3) is 0 Å². The van der Waals surface area contributed by atoms with Crippen molar-refractivity contribution in [3.63, 3.8) is 0 Å². The molecule has 3 aromatic rings. The number of ether oxygens (including phenoxy) is 3. The molecule has 9 nitrogen and oxygen atoms in total. The molecule has 0 N–H and O–H groups in total. The van der Waals surface area contributed by atoms with Gasteiger partial charge in [0.25, 0.3) is 15.7 Å². The van der Waals surface area contributed by atoms with E-state index >= 15 is 0 Å². The lowest BCUT2D eigenvalue weighted by Crippen LogP contribution is -2.30. The number of non-ortho nitro benzene ring substituents is 1. The maximum atomic E-state index is 13.5. The minimum atomic E-state index is -4.07. The van der Waals surface area contributed by atoms with Gasteiger partial charge in [-0.25, -0.2) is 8.42 Å². The Morgan fingerprint density at radius 1 is 0.812 bits per heavy atom. The molecule has 0 radical (unpaired) electrons. The average Bonchev–Trinajstić information content (AvgIpc) is 2.82. The number of methoxy groups -OCH3 is 3. The van der Waals surface area contributed by atoms with Crippen LogP contribution in [0.2, 0.25) is 0 Å². The van der Waals surface area contributed by atoms with Crippen molar-refractivity contribution in [2.75, 3.05) is 25.6 Å². The van der Waals surface area contributed by atoms with Crippen molar-refractivity contribution in [2.24, 2.45) is 0 Å². The van der Waals surface area contributed by atoms with Gasteiger partial charge in [-0.15, -0.1) is 0 Å². The van der Waals surface area contributed by atoms with E-state index < -0.39 is 14.9 Å². The van der Waals surface area contributed by atoms with Gasteiger partial charge in [0, 0.05) is 18.2 Å². The average molecular weight is 458 g/mol. The van der Waals surface area contributed by atoms with E-state index in [2.05, 4.69) is 0 Å². The van der Waals surface area contributed by atoms with Crippen LogP contribution < -0.4 is 18.5 Å². The Balaban J connectivity index is 2.08. The summed E-state index contributed by atoms with van der Waals surface area (Å²) in [4.78, 5) is 10.3. The second kappa shape index (κ2) is 9.56. The summed E-state index contributed by atoms with van der Waals surface area (Å²) in [6.45, 7) is -0.0286. The fraction of sp³-hybridized carbons (Fsp3) is 0.182. The van der Waals surface area contributed by atoms with Crippen LogP contribution in [-0.4, -0.2) is 34.7 Å². The fourth-order valence-electron chi connectivity index (χ4n) is 3.05. The third kappa shape index (κ3) is 4.92. The van der Waals surface area contributed by atoms with Crippen molar-refractivity contribution in [2.45, 2.75) is 11.4 Å². The number of hydrogen-bond acceptors (Lipinski definition) is 7. The van der Waals surface area contributed by atoms with Crippen molar-refractivity contribution < 1.29 is 27.6 Å². The van der Waals surface area contributed by atoms with Crippen molar-refractivity contribution in [1.82, 2.24) is 0 Å². The molecular formula is C22H22N2O7S. The summed E-state index contributed by atoms with van der Waals surface area (Å²) in [5.41, 5.74) is 0.825. The molecule has 0 amide bonds. The zero-order chi connectivity index (χ0) is 23.3. The van der Waals surface area contributed by atoms with Gasteiger partial charge in [0.15, 0.2) is 0 Å². The zero-order valence-electron chi connectivity index (χ0n) is 17.7. The predicted molar refractivity (Wildman–Crippen MR) is 119 cm³/mol. The maximum Gasteiger partial charge on any atom is 0.269 e. The lowest BCUT2D eigenvalue weighted by atomic mass is 10.2. The van der Waals surface area contributed by atoms with E-state index in [0.29, 0.717) is 28.5 Å². The standard InChI is InChI=1S/C22H22N2O7S/c1-29-19-8-4-17(5-9-19)23(15-16-12-20(30-2)14-21(13-16)31-3)32(27,28)22-10-6-18(7-11-22)24(25)26/h4-14H,15H2,1-3H3. The van der Waals surface area contributed by atoms with Gasteiger partial charge in [0.2, 0.25) is 0 Å². The molecule has 3 aromatic carbocycles. The van der Waals surface area contributed by atoms with Crippen LogP contribution in [0, 0.1) is 10.1 Å². The number of rotatable bonds is 9. The summed E-state index contributed by atoms with van der Waals surface area (Å²) < 4.78 is 44.1. The predicted octanol–water partition coefficient (Wildman–Crippen LogP) is 4.02. The molecule has 0 aromatic heterocycles. The molecule has 0 spiro atoms. The molecule has 0 aliphatic carbocycles. The monoisotopic (exact) mass is 458 g/mol. The van der Waals surface area contributed by atoms with E-state index in [0.717, 1.165) is 12.1 Å². The topological polar surface area (TPSA) is 108 Å². The summed E-state index contributed by atoms with van der Waals surface area (Å²) in [7, 11) is 0.466. The molecule has 10 heteroatoms. The molecule has 0 heterocycles. The van der Waals surface area contributed by atoms with Crippen molar-refractivity contribution in [1.29, 1.82) is 0 Å². The summed E-state index contributed by atoms with van der Waals surface area (Å²) in [6, 6.07) is 16.4. The highest BCUT2D eigenvalue weighted by molar-refractivity contribution is 7.92. The highest BCUT2D eigenvalue weighted by Crippen LogP contribution is 2.31. The van der Waals surface area contributed by atoms with Crippen LogP contribution in [0.1, 0.15) is 5.56 Å². The molecular weight excluding hydrogens is 436 g/mol. The quantitative estimate of drug-likeness (QED) is 0.352. The van der Waals surface area contributed by atoms with Crippen LogP contribution in [0.3, 0.4) is 0 Å². The Hall–Kier alpha value is -3.79. The summed E-state index contributed by atoms with van der Waals surface area (Å²) >= 11 is 0. The molecule has 0 aliphatic heterocycles. The first-order valence-electron chi connectivity index (χ1n) is 9.41. The number of nitro groups is 1. The van der Waals surface area contributed by atoms with E-state index in [9.17, 15) is 18.5 Å². The first kappa shape index (κ1) is 22.9. The molecule has 0 atom stereocenters. The van der Waals surface area contributed by atoms with Crippen LogP contribution in [0.15, 0.2) is 71.6 Å². The maximum absolute atomic E-state index is 13.5. The number of nitrogens with zero attached hydrogens (tertiary/aromatic N) is 2. The van der Waals surface area contributed by atoms with E-state index in [1.807, 2.05) is 0 Å². The number of anilines is 1. The molecule has 0 aliphatic rings. The smallest absolute Gasteiger partial charge is 0.269 e. The van der Waals surface area contributed by atoms with Gasteiger partial charge in [-0.3, -0.25) is 14.4 Å². The minimum absolute atomic E-state index is 0.0286. The van der Waals surface area contributed by atoms with Crippen molar-refractivity contribution >= 4 is 21.4 Å². The first-order valence-corrected chi connectivity index (χ1v) is 10.9. The summed E-state index contributed by atoms with van der Waals surface area (Å²) in [6.07, 6.45) is 0. The van der Waals surface area contributed by atoms with E-state index in [1.54, 1.807) is 42.5 Å². The van der Waals surface area contributed by atoms with Crippen LogP contribution >= 0.6 is 0 Å². The van der Waals surface area contributed by atoms with E-state index in [4.69, 9.17) is 14.2 Å². The van der Waals surface area contributed by atoms with Crippen molar-refractivity contribution in [3.05, 3.63) is 82.4 Å². The Morgan fingerprint density at radius 2 is 1.34 bits per heavy atom. The zero-order valence-corrected chi connectivity index (χ0v) is 18.5. The fourth-order valence-corrected chi connectivity index (χ4v) is 4.51. The van der Waals surface area contributed by atoms with E-state index in [-0.39, 0.29) is 17.1 Å². The molecule has 0 saturated heterocycles. The number of sulfonamides is 1. The molecule has 0 unspecified atom stereocenters. The molecule has 32 heavy (non-hydrogen) atoms. The normalized spacial score (nSPS) is 11.0. The Bertz CT molecular complexity index is 1170. The Kier molecular flexibility index (Phi) is 6.84. The molecule has 0 fully saturated rings. The molecule has 168 valence electrons. The third-order valence-electron chi connectivity index (χ3n) is 4.73. The second-order valence-corrected chi connectivity index (χ2v) is 8.54. The highest BCUT2D eigenvalue weighted by atomic mass is 32.2. The highest BCUT2D eigenvalue weighted by Gasteiger charge is 2.26. The van der Waals surface area contributed by atoms with Gasteiger partial charge in [-0.05, 0) is 54.1 Å². The number of benzene rings is 3. The lowest BCUT2D eigenvalue weighted by Gasteiger charge is -2.25. The minimum Gasteiger partial charge on any atom is -0.497 e. The van der Waals surface area contributed by atoms with Crippen molar-refractivity contribution in [3.8, 4) is 17.2 Å². The Labute approximate surface area is 186 Å². The summed E-state index contributed by atoms with van der Waals surface area (Å²) in [5.74, 6) is 1.60. The van der Waals surface area contributed by atoms with Gasteiger partial charge < -0.3 is 14.2 Å². The summed E-state index contributed by atoms with van der Waals surface area (Å²) in [5, 5.41) is 10.9. The van der Waals surface area contributed by atoms with Gasteiger partial charge >= 0.3 is 0 Å². The first-order chi connectivity index (χ1) is 15.3. The SMILES string of the molecule is COc1ccc(N(Cc2cc(OC)cc(OC)c2)S(=O)(=O)c2ccc([N+](=O)[O-])cc2)cc1. The van der Waals surface area contributed by atoms with Crippen LogP contribution in [0.4, 0.5) is 11.4 Å². The van der Waals surface area contributed by atoms with Gasteiger partial charge in [0.05, 0.1) is 43.4 Å². The Morgan fingerprint density at radius 3 is 1.81 bits per heavy atom. The number of nitro benzene ring substituents is 1. The largest absolute Gasteiger partial charge is 0.497 e. The van der Waals surface area contributed by atoms with Gasteiger partial charge in [-0.2, -0.15) is 0 Å². The lowest BCUT2D eigenvalue weighted by molar-refractivity contribution is -0.384. The third-order valence-corrected chi connectivity index (χ3v) is 6.52. The van der Waals surface area contributed by atoms with Crippen LogP contribution in [0.5, 0.6) is 17.2 Å².